The molecule has 5 heteroatoms. The lowest BCUT2D eigenvalue weighted by Crippen LogP contribution is -2.32. The standard InChI is InChI=1S/C17H27N3O2/c1-4-11-18-12-13-19-16(21)14-7-9-15(10-8-14)17(22)20(5-2)6-3/h7-10,18H,4-6,11-13H2,1-3H3,(H,19,21). The minimum absolute atomic E-state index is 0.000670. The molecule has 5 nitrogen and oxygen atoms in total. The van der Waals surface area contributed by atoms with Crippen LogP contribution >= 0.6 is 0 Å². The van der Waals surface area contributed by atoms with Gasteiger partial charge in [0.25, 0.3) is 11.8 Å². The van der Waals surface area contributed by atoms with Crippen molar-refractivity contribution in [3.8, 4) is 0 Å². The van der Waals surface area contributed by atoms with Gasteiger partial charge in [0.15, 0.2) is 0 Å². The van der Waals surface area contributed by atoms with Crippen molar-refractivity contribution in [1.29, 1.82) is 0 Å². The van der Waals surface area contributed by atoms with E-state index in [9.17, 15) is 9.59 Å². The normalized spacial score (nSPS) is 10.3. The summed E-state index contributed by atoms with van der Waals surface area (Å²) in [6.07, 6.45) is 1.08. The van der Waals surface area contributed by atoms with Crippen LogP contribution in [0.5, 0.6) is 0 Å². The van der Waals surface area contributed by atoms with Gasteiger partial charge in [-0.05, 0) is 51.1 Å². The van der Waals surface area contributed by atoms with Gasteiger partial charge in [0.1, 0.15) is 0 Å². The molecule has 22 heavy (non-hydrogen) atoms. The Morgan fingerprint density at radius 2 is 1.50 bits per heavy atom. The number of carbonyl (C=O) groups is 2. The zero-order chi connectivity index (χ0) is 16.4. The maximum Gasteiger partial charge on any atom is 0.253 e. The number of carbonyl (C=O) groups excluding carboxylic acids is 2. The maximum atomic E-state index is 12.2. The molecular weight excluding hydrogens is 278 g/mol. The lowest BCUT2D eigenvalue weighted by atomic mass is 10.1. The largest absolute Gasteiger partial charge is 0.351 e. The van der Waals surface area contributed by atoms with Gasteiger partial charge in [-0.15, -0.1) is 0 Å². The van der Waals surface area contributed by atoms with Crippen LogP contribution in [-0.2, 0) is 0 Å². The first-order chi connectivity index (χ1) is 10.6. The van der Waals surface area contributed by atoms with Crippen molar-refractivity contribution in [3.05, 3.63) is 35.4 Å². The number of nitrogens with zero attached hydrogens (tertiary/aromatic N) is 1. The van der Waals surface area contributed by atoms with E-state index in [0.29, 0.717) is 30.8 Å². The van der Waals surface area contributed by atoms with Crippen molar-refractivity contribution in [2.45, 2.75) is 27.2 Å². The Kier molecular flexibility index (Phi) is 8.22. The lowest BCUT2D eigenvalue weighted by molar-refractivity contribution is 0.0772. The Labute approximate surface area is 133 Å². The summed E-state index contributed by atoms with van der Waals surface area (Å²) < 4.78 is 0. The first kappa shape index (κ1) is 18.2. The van der Waals surface area contributed by atoms with Gasteiger partial charge in [0.2, 0.25) is 0 Å². The van der Waals surface area contributed by atoms with Gasteiger partial charge in [-0.25, -0.2) is 0 Å². The summed E-state index contributed by atoms with van der Waals surface area (Å²) in [6.45, 7) is 9.69. The van der Waals surface area contributed by atoms with Crippen LogP contribution in [0.1, 0.15) is 47.9 Å². The van der Waals surface area contributed by atoms with Crippen molar-refractivity contribution in [3.63, 3.8) is 0 Å². The van der Waals surface area contributed by atoms with E-state index < -0.39 is 0 Å². The fourth-order valence-electron chi connectivity index (χ4n) is 2.13. The monoisotopic (exact) mass is 305 g/mol. The summed E-state index contributed by atoms with van der Waals surface area (Å²) in [5, 5.41) is 6.08. The molecule has 1 aromatic carbocycles. The quantitative estimate of drug-likeness (QED) is 0.685. The average molecular weight is 305 g/mol. The molecule has 0 saturated carbocycles. The van der Waals surface area contributed by atoms with Gasteiger partial charge in [0.05, 0.1) is 0 Å². The van der Waals surface area contributed by atoms with Crippen LogP contribution in [-0.4, -0.2) is 49.4 Å². The molecule has 0 aliphatic rings. The van der Waals surface area contributed by atoms with Gasteiger partial charge in [-0.3, -0.25) is 9.59 Å². The van der Waals surface area contributed by atoms with Crippen LogP contribution in [0.4, 0.5) is 0 Å². The summed E-state index contributed by atoms with van der Waals surface area (Å²) in [7, 11) is 0. The Bertz CT molecular complexity index is 467. The van der Waals surface area contributed by atoms with Gasteiger partial charge >= 0.3 is 0 Å². The van der Waals surface area contributed by atoms with Crippen LogP contribution < -0.4 is 10.6 Å². The van der Waals surface area contributed by atoms with Crippen molar-refractivity contribution < 1.29 is 9.59 Å². The van der Waals surface area contributed by atoms with Crippen molar-refractivity contribution >= 4 is 11.8 Å². The number of hydrogen-bond donors (Lipinski definition) is 2. The minimum atomic E-state index is -0.111. The Balaban J connectivity index is 2.53. The van der Waals surface area contributed by atoms with Crippen molar-refractivity contribution in [2.24, 2.45) is 0 Å². The number of nitrogens with one attached hydrogen (secondary N) is 2. The number of rotatable bonds is 9. The summed E-state index contributed by atoms with van der Waals surface area (Å²) in [4.78, 5) is 25.9. The Morgan fingerprint density at radius 1 is 0.909 bits per heavy atom. The highest BCUT2D eigenvalue weighted by atomic mass is 16.2. The van der Waals surface area contributed by atoms with Crippen LogP contribution in [0.3, 0.4) is 0 Å². The molecule has 2 amide bonds. The predicted octanol–water partition coefficient (Wildman–Crippen LogP) is 1.90. The third-order valence-electron chi connectivity index (χ3n) is 3.46. The predicted molar refractivity (Wildman–Crippen MR) is 89.2 cm³/mol. The third kappa shape index (κ3) is 5.48. The van der Waals surface area contributed by atoms with Gasteiger partial charge in [-0.2, -0.15) is 0 Å². The summed E-state index contributed by atoms with van der Waals surface area (Å²) >= 11 is 0. The first-order valence-electron chi connectivity index (χ1n) is 8.02. The number of benzene rings is 1. The second-order valence-corrected chi connectivity index (χ2v) is 5.06. The van der Waals surface area contributed by atoms with Crippen molar-refractivity contribution in [2.75, 3.05) is 32.7 Å². The Morgan fingerprint density at radius 3 is 2.05 bits per heavy atom. The second kappa shape index (κ2) is 9.95. The molecule has 0 spiro atoms. The molecule has 0 aliphatic carbocycles. The molecule has 0 atom stereocenters. The zero-order valence-electron chi connectivity index (χ0n) is 13.8. The molecular formula is C17H27N3O2. The highest BCUT2D eigenvalue weighted by Crippen LogP contribution is 2.08. The topological polar surface area (TPSA) is 61.4 Å². The van der Waals surface area contributed by atoms with E-state index in [0.717, 1.165) is 19.5 Å². The summed E-state index contributed by atoms with van der Waals surface area (Å²) in [6, 6.07) is 6.83. The molecule has 1 rings (SSSR count). The SMILES string of the molecule is CCCNCCNC(=O)c1ccc(C(=O)N(CC)CC)cc1. The molecule has 0 radical (unpaired) electrons. The fraction of sp³-hybridized carbons (Fsp3) is 0.529. The summed E-state index contributed by atoms with van der Waals surface area (Å²) in [5.74, 6) is -0.110. The minimum Gasteiger partial charge on any atom is -0.351 e. The molecule has 0 bridgehead atoms. The van der Waals surface area contributed by atoms with Gasteiger partial charge in [-0.1, -0.05) is 6.92 Å². The molecule has 1 aromatic rings. The van der Waals surface area contributed by atoms with E-state index >= 15 is 0 Å². The van der Waals surface area contributed by atoms with E-state index in [1.165, 1.54) is 0 Å². The van der Waals surface area contributed by atoms with E-state index in [1.807, 2.05) is 13.8 Å². The van der Waals surface area contributed by atoms with E-state index in [2.05, 4.69) is 17.6 Å². The number of hydrogen-bond acceptors (Lipinski definition) is 3. The second-order valence-electron chi connectivity index (χ2n) is 5.06. The molecule has 0 aromatic heterocycles. The van der Waals surface area contributed by atoms with Crippen LogP contribution in [0.25, 0.3) is 0 Å². The molecule has 0 saturated heterocycles. The highest BCUT2D eigenvalue weighted by Gasteiger charge is 2.13. The van der Waals surface area contributed by atoms with E-state index in [-0.39, 0.29) is 11.8 Å². The highest BCUT2D eigenvalue weighted by molar-refractivity contribution is 5.97. The maximum absolute atomic E-state index is 12.2. The third-order valence-corrected chi connectivity index (χ3v) is 3.46. The number of amides is 2. The molecule has 0 unspecified atom stereocenters. The van der Waals surface area contributed by atoms with Gasteiger partial charge < -0.3 is 15.5 Å². The van der Waals surface area contributed by atoms with E-state index in [4.69, 9.17) is 0 Å². The van der Waals surface area contributed by atoms with Crippen LogP contribution in [0, 0.1) is 0 Å². The molecule has 0 aliphatic heterocycles. The van der Waals surface area contributed by atoms with Gasteiger partial charge in [0, 0.05) is 37.3 Å². The fourth-order valence-corrected chi connectivity index (χ4v) is 2.13. The molecule has 0 heterocycles. The molecule has 122 valence electrons. The van der Waals surface area contributed by atoms with Crippen LogP contribution in [0.15, 0.2) is 24.3 Å². The summed E-state index contributed by atoms with van der Waals surface area (Å²) in [5.41, 5.74) is 1.19. The Hall–Kier alpha value is -1.88. The van der Waals surface area contributed by atoms with Crippen LogP contribution in [0.2, 0.25) is 0 Å². The molecule has 0 fully saturated rings. The smallest absolute Gasteiger partial charge is 0.253 e. The molecule has 2 N–H and O–H groups in total. The van der Waals surface area contributed by atoms with Crippen molar-refractivity contribution in [1.82, 2.24) is 15.5 Å². The van der Waals surface area contributed by atoms with E-state index in [1.54, 1.807) is 29.2 Å². The lowest BCUT2D eigenvalue weighted by Gasteiger charge is -2.18. The first-order valence-corrected chi connectivity index (χ1v) is 8.02. The zero-order valence-corrected chi connectivity index (χ0v) is 13.8. The average Bonchev–Trinajstić information content (AvgIpc) is 2.55.